The molecule has 0 saturated carbocycles. The summed E-state index contributed by atoms with van der Waals surface area (Å²) in [7, 11) is 0. The third-order valence-electron chi connectivity index (χ3n) is 3.19. The topological polar surface area (TPSA) is 116 Å². The Labute approximate surface area is 124 Å². The van der Waals surface area contributed by atoms with Gasteiger partial charge in [-0.2, -0.15) is 9.98 Å². The first kappa shape index (κ1) is 13.6. The van der Waals surface area contributed by atoms with E-state index in [4.69, 9.17) is 40.0 Å². The summed E-state index contributed by atoms with van der Waals surface area (Å²) in [6.07, 6.45) is -1.73. The molecule has 0 aliphatic carbocycles. The molecule has 1 fully saturated rings. The Balaban J connectivity index is 1.90. The molecular weight excluding hydrogens is 302 g/mol. The fraction of sp³-hybridized carbons (Fsp3) is 0.500. The first-order chi connectivity index (χ1) is 9.51. The van der Waals surface area contributed by atoms with Gasteiger partial charge in [-0.25, -0.2) is 4.99 Å². The number of amidine groups is 2. The van der Waals surface area contributed by atoms with Crippen molar-refractivity contribution in [3.05, 3.63) is 0 Å². The Kier molecular flexibility index (Phi) is 3.34. The minimum Gasteiger partial charge on any atom is -0.394 e. The monoisotopic (exact) mass is 313 g/mol. The Hall–Kier alpha value is -1.33. The number of aliphatic hydroxyl groups excluding tert-OH is 2. The van der Waals surface area contributed by atoms with Gasteiger partial charge in [0.25, 0.3) is 0 Å². The van der Waals surface area contributed by atoms with Crippen LogP contribution in [0.5, 0.6) is 0 Å². The summed E-state index contributed by atoms with van der Waals surface area (Å²) >= 11 is 10.1. The zero-order valence-electron chi connectivity index (χ0n) is 10.1. The molecule has 3 heterocycles. The van der Waals surface area contributed by atoms with Crippen LogP contribution in [0.25, 0.3) is 0 Å². The van der Waals surface area contributed by atoms with E-state index >= 15 is 0 Å². The first-order valence-electron chi connectivity index (χ1n) is 5.85. The number of nitrogens with two attached hydrogens (primary N) is 1. The highest BCUT2D eigenvalue weighted by Gasteiger charge is 2.44. The lowest BCUT2D eigenvalue weighted by Gasteiger charge is -2.25. The van der Waals surface area contributed by atoms with Gasteiger partial charge in [0, 0.05) is 6.42 Å². The van der Waals surface area contributed by atoms with Crippen molar-refractivity contribution in [2.75, 3.05) is 6.61 Å². The normalized spacial score (nSPS) is 33.0. The number of nitrogens with zero attached hydrogens (tertiary/aromatic N) is 4. The zero-order chi connectivity index (χ0) is 14.4. The van der Waals surface area contributed by atoms with Gasteiger partial charge in [-0.15, -0.1) is 0 Å². The van der Waals surface area contributed by atoms with E-state index in [2.05, 4.69) is 15.0 Å². The second-order valence-electron chi connectivity index (χ2n) is 4.44. The van der Waals surface area contributed by atoms with Crippen LogP contribution in [-0.4, -0.2) is 67.8 Å². The number of aliphatic imine (C=N–C) groups is 3. The first-order valence-corrected chi connectivity index (χ1v) is 6.66. The third kappa shape index (κ3) is 2.05. The van der Waals surface area contributed by atoms with E-state index in [0.29, 0.717) is 11.5 Å². The van der Waals surface area contributed by atoms with Crippen molar-refractivity contribution in [2.24, 2.45) is 20.7 Å². The van der Waals surface area contributed by atoms with Gasteiger partial charge >= 0.3 is 0 Å². The average Bonchev–Trinajstić information content (AvgIpc) is 2.89. The molecule has 3 rings (SSSR count). The van der Waals surface area contributed by atoms with Crippen molar-refractivity contribution in [1.82, 2.24) is 4.90 Å². The molecule has 106 valence electrons. The number of ether oxygens (including phenoxy) is 1. The molecule has 10 heteroatoms. The highest BCUT2D eigenvalue weighted by molar-refractivity contribution is 7.80. The number of hydrogen-bond donors (Lipinski definition) is 3. The van der Waals surface area contributed by atoms with Gasteiger partial charge in [0.2, 0.25) is 10.2 Å². The van der Waals surface area contributed by atoms with Gasteiger partial charge in [0.1, 0.15) is 12.3 Å². The van der Waals surface area contributed by atoms with E-state index < -0.39 is 18.4 Å². The molecule has 3 aliphatic heterocycles. The lowest BCUT2D eigenvalue weighted by Crippen LogP contribution is -2.46. The predicted molar refractivity (Wildman–Crippen MR) is 79.9 cm³/mol. The van der Waals surface area contributed by atoms with Crippen LogP contribution in [0.1, 0.15) is 6.42 Å². The minimum absolute atomic E-state index is 0.0865. The van der Waals surface area contributed by atoms with Crippen LogP contribution in [-0.2, 0) is 4.74 Å². The largest absolute Gasteiger partial charge is 0.394 e. The summed E-state index contributed by atoms with van der Waals surface area (Å²) in [6.45, 7) is -0.277. The molecule has 20 heavy (non-hydrogen) atoms. The standard InChI is InChI=1S/C10H11N5O3S2/c11-7-6-8(14-9(19)13-7)15(10(20)12-6)5-1-3(17)4(2-16)18-5/h3-5,16-17H,1-2H2,(H2,11,13,19)/t3-,4+,5-/m1/s1. The quantitative estimate of drug-likeness (QED) is 0.534. The molecule has 0 spiro atoms. The summed E-state index contributed by atoms with van der Waals surface area (Å²) in [6, 6.07) is 0. The molecule has 0 bridgehead atoms. The fourth-order valence-corrected chi connectivity index (χ4v) is 2.73. The lowest BCUT2D eigenvalue weighted by molar-refractivity contribution is -0.0435. The molecule has 1 saturated heterocycles. The smallest absolute Gasteiger partial charge is 0.223 e. The van der Waals surface area contributed by atoms with Gasteiger partial charge < -0.3 is 20.7 Å². The Bertz CT molecular complexity index is 587. The maximum absolute atomic E-state index is 9.80. The molecule has 0 aromatic heterocycles. The maximum Gasteiger partial charge on any atom is 0.223 e. The van der Waals surface area contributed by atoms with Gasteiger partial charge in [-0.3, -0.25) is 4.90 Å². The van der Waals surface area contributed by atoms with E-state index in [0.717, 1.165) is 0 Å². The summed E-state index contributed by atoms with van der Waals surface area (Å²) in [5.74, 6) is 0.533. The minimum atomic E-state index is -0.779. The second kappa shape index (κ2) is 4.90. The Morgan fingerprint density at radius 3 is 2.75 bits per heavy atom. The van der Waals surface area contributed by atoms with Gasteiger partial charge in [-0.1, -0.05) is 0 Å². The van der Waals surface area contributed by atoms with E-state index in [1.54, 1.807) is 0 Å². The SMILES string of the molecule is NC1=NC(=S)N=C2C1=NC(=S)N2[C@H]1C[C@@H](O)[C@H](CO)O1. The van der Waals surface area contributed by atoms with Crippen LogP contribution in [0.3, 0.4) is 0 Å². The molecule has 4 N–H and O–H groups in total. The van der Waals surface area contributed by atoms with Crippen molar-refractivity contribution in [1.29, 1.82) is 0 Å². The molecule has 0 radical (unpaired) electrons. The number of aliphatic hydroxyl groups is 2. The summed E-state index contributed by atoms with van der Waals surface area (Å²) < 4.78 is 5.56. The van der Waals surface area contributed by atoms with Gasteiger partial charge in [0.05, 0.1) is 12.7 Å². The summed E-state index contributed by atoms with van der Waals surface area (Å²) in [5.41, 5.74) is 6.10. The van der Waals surface area contributed by atoms with Crippen LogP contribution in [0.15, 0.2) is 15.0 Å². The third-order valence-corrected chi connectivity index (χ3v) is 3.66. The molecule has 0 unspecified atom stereocenters. The number of thiocarbonyl (C=S) groups is 2. The Morgan fingerprint density at radius 1 is 1.35 bits per heavy atom. The van der Waals surface area contributed by atoms with E-state index in [1.807, 2.05) is 0 Å². The van der Waals surface area contributed by atoms with Gasteiger partial charge in [-0.05, 0) is 24.4 Å². The van der Waals surface area contributed by atoms with Crippen molar-refractivity contribution in [3.63, 3.8) is 0 Å². The summed E-state index contributed by atoms with van der Waals surface area (Å²) in [5, 5.41) is 19.2. The van der Waals surface area contributed by atoms with E-state index in [1.165, 1.54) is 4.90 Å². The molecule has 3 atom stereocenters. The maximum atomic E-state index is 9.80. The van der Waals surface area contributed by atoms with E-state index in [9.17, 15) is 5.11 Å². The Morgan fingerprint density at radius 2 is 2.10 bits per heavy atom. The molecule has 0 aromatic rings. The predicted octanol–water partition coefficient (Wildman–Crippen LogP) is -1.45. The number of rotatable bonds is 2. The van der Waals surface area contributed by atoms with Crippen LogP contribution < -0.4 is 5.73 Å². The number of hydrogen-bond acceptors (Lipinski definition) is 6. The van der Waals surface area contributed by atoms with Crippen molar-refractivity contribution < 1.29 is 14.9 Å². The zero-order valence-corrected chi connectivity index (χ0v) is 11.8. The van der Waals surface area contributed by atoms with E-state index in [-0.39, 0.29) is 29.1 Å². The van der Waals surface area contributed by atoms with Crippen LogP contribution in [0, 0.1) is 0 Å². The second-order valence-corrected chi connectivity index (χ2v) is 5.17. The average molecular weight is 313 g/mol. The lowest BCUT2D eigenvalue weighted by atomic mass is 10.2. The fourth-order valence-electron chi connectivity index (χ4n) is 2.25. The van der Waals surface area contributed by atoms with Crippen molar-refractivity contribution in [3.8, 4) is 0 Å². The molecule has 0 aromatic carbocycles. The molecule has 3 aliphatic rings. The van der Waals surface area contributed by atoms with Crippen LogP contribution >= 0.6 is 24.4 Å². The highest BCUT2D eigenvalue weighted by atomic mass is 32.1. The van der Waals surface area contributed by atoms with Gasteiger partial charge in [0.15, 0.2) is 17.4 Å². The van der Waals surface area contributed by atoms with Crippen LogP contribution in [0.4, 0.5) is 0 Å². The molecule has 8 nitrogen and oxygen atoms in total. The molecule has 0 amide bonds. The summed E-state index contributed by atoms with van der Waals surface area (Å²) in [4.78, 5) is 13.6. The molecular formula is C10H11N5O3S2. The van der Waals surface area contributed by atoms with Crippen molar-refractivity contribution in [2.45, 2.75) is 24.9 Å². The highest BCUT2D eigenvalue weighted by Crippen LogP contribution is 2.27. The van der Waals surface area contributed by atoms with Crippen LogP contribution in [0.2, 0.25) is 0 Å². The van der Waals surface area contributed by atoms with Crippen molar-refractivity contribution >= 4 is 52.0 Å². The number of fused-ring (bicyclic) bond motifs is 1.